The molecule has 1 fully saturated rings. The fourth-order valence-corrected chi connectivity index (χ4v) is 4.21. The molecule has 0 atom stereocenters. The molecule has 0 radical (unpaired) electrons. The van der Waals surface area contributed by atoms with Crippen LogP contribution < -0.4 is 9.62 Å². The topological polar surface area (TPSA) is 86.8 Å². The van der Waals surface area contributed by atoms with Gasteiger partial charge in [-0.3, -0.25) is 13.9 Å². The molecule has 0 saturated carbocycles. The van der Waals surface area contributed by atoms with Gasteiger partial charge in [0.2, 0.25) is 21.8 Å². The van der Waals surface area contributed by atoms with Crippen molar-refractivity contribution < 1.29 is 18.0 Å². The summed E-state index contributed by atoms with van der Waals surface area (Å²) in [5.74, 6) is -0.192. The molecule has 8 heteroatoms. The summed E-state index contributed by atoms with van der Waals surface area (Å²) in [4.78, 5) is 26.0. The van der Waals surface area contributed by atoms with Crippen molar-refractivity contribution in [1.29, 1.82) is 0 Å². The maximum Gasteiger partial charge on any atom is 0.241 e. The molecule has 3 rings (SSSR count). The number of aryl methyl sites for hydroxylation is 1. The zero-order valence-electron chi connectivity index (χ0n) is 17.3. The van der Waals surface area contributed by atoms with Gasteiger partial charge in [0.15, 0.2) is 0 Å². The Labute approximate surface area is 177 Å². The van der Waals surface area contributed by atoms with Gasteiger partial charge in [0.25, 0.3) is 0 Å². The van der Waals surface area contributed by atoms with E-state index in [0.29, 0.717) is 25.2 Å². The van der Waals surface area contributed by atoms with Crippen LogP contribution in [0, 0.1) is 6.92 Å². The number of hydrogen-bond acceptors (Lipinski definition) is 4. The number of carbonyl (C=O) groups is 2. The van der Waals surface area contributed by atoms with Crippen LogP contribution in [-0.4, -0.2) is 44.5 Å². The highest BCUT2D eigenvalue weighted by Gasteiger charge is 2.21. The number of hydrogen-bond donors (Lipinski definition) is 1. The van der Waals surface area contributed by atoms with Crippen LogP contribution in [0.2, 0.25) is 0 Å². The van der Waals surface area contributed by atoms with Crippen molar-refractivity contribution >= 4 is 27.5 Å². The van der Waals surface area contributed by atoms with Crippen LogP contribution in [0.1, 0.15) is 29.5 Å². The van der Waals surface area contributed by atoms with Crippen LogP contribution >= 0.6 is 0 Å². The predicted molar refractivity (Wildman–Crippen MR) is 116 cm³/mol. The van der Waals surface area contributed by atoms with Crippen molar-refractivity contribution in [3.63, 3.8) is 0 Å². The minimum absolute atomic E-state index is 0.190. The highest BCUT2D eigenvalue weighted by Crippen LogP contribution is 2.18. The van der Waals surface area contributed by atoms with E-state index in [9.17, 15) is 18.0 Å². The Bertz CT molecular complexity index is 1000. The molecule has 1 heterocycles. The van der Waals surface area contributed by atoms with E-state index in [4.69, 9.17) is 0 Å². The second kappa shape index (κ2) is 9.30. The summed E-state index contributed by atoms with van der Waals surface area (Å²) in [7, 11) is -3.59. The number of rotatable bonds is 8. The lowest BCUT2D eigenvalue weighted by atomic mass is 10.1. The fourth-order valence-electron chi connectivity index (χ4n) is 3.35. The Morgan fingerprint density at radius 3 is 2.27 bits per heavy atom. The second-order valence-electron chi connectivity index (χ2n) is 7.62. The third-order valence-electron chi connectivity index (χ3n) is 5.07. The Balaban J connectivity index is 1.56. The van der Waals surface area contributed by atoms with Gasteiger partial charge in [-0.2, -0.15) is 0 Å². The number of anilines is 1. The second-order valence-corrected chi connectivity index (χ2v) is 9.52. The minimum Gasteiger partial charge on any atom is -0.350 e. The molecule has 1 N–H and O–H groups in total. The summed E-state index contributed by atoms with van der Waals surface area (Å²) in [6.07, 6.45) is 2.62. The number of amides is 2. The number of sulfonamides is 1. The molecule has 7 nitrogen and oxygen atoms in total. The van der Waals surface area contributed by atoms with Crippen LogP contribution in [-0.2, 0) is 32.7 Å². The average Bonchev–Trinajstić information content (AvgIpc) is 3.10. The van der Waals surface area contributed by atoms with Crippen molar-refractivity contribution in [1.82, 2.24) is 10.2 Å². The highest BCUT2D eigenvalue weighted by atomic mass is 32.2. The lowest BCUT2D eigenvalue weighted by Crippen LogP contribution is -2.40. The summed E-state index contributed by atoms with van der Waals surface area (Å²) >= 11 is 0. The summed E-state index contributed by atoms with van der Waals surface area (Å²) in [6, 6.07) is 14.7. The molecule has 1 aliphatic rings. The molecule has 0 spiro atoms. The van der Waals surface area contributed by atoms with E-state index in [0.717, 1.165) is 40.2 Å². The maximum absolute atomic E-state index is 12.4. The average molecular weight is 430 g/mol. The van der Waals surface area contributed by atoms with E-state index in [-0.39, 0.29) is 18.4 Å². The summed E-state index contributed by atoms with van der Waals surface area (Å²) < 4.78 is 25.4. The molecular formula is C22H27N3O4S. The van der Waals surface area contributed by atoms with Crippen molar-refractivity contribution in [3.05, 3.63) is 65.2 Å². The van der Waals surface area contributed by atoms with Gasteiger partial charge in [-0.05, 0) is 36.6 Å². The molecular weight excluding hydrogens is 402 g/mol. The van der Waals surface area contributed by atoms with E-state index in [2.05, 4.69) is 5.32 Å². The van der Waals surface area contributed by atoms with Crippen LogP contribution in [0.25, 0.3) is 0 Å². The lowest BCUT2D eigenvalue weighted by molar-refractivity contribution is -0.128. The molecule has 0 bridgehead atoms. The molecule has 30 heavy (non-hydrogen) atoms. The number of carbonyl (C=O) groups excluding carboxylic acids is 2. The molecule has 1 saturated heterocycles. The van der Waals surface area contributed by atoms with Crippen molar-refractivity contribution in [3.8, 4) is 0 Å². The first kappa shape index (κ1) is 21.8. The Morgan fingerprint density at radius 1 is 1.07 bits per heavy atom. The smallest absolute Gasteiger partial charge is 0.241 e. The molecule has 0 unspecified atom stereocenters. The maximum atomic E-state index is 12.4. The van der Waals surface area contributed by atoms with Crippen LogP contribution in [0.3, 0.4) is 0 Å². The Kier molecular flexibility index (Phi) is 6.77. The Hall–Kier alpha value is -2.87. The number of nitrogens with one attached hydrogen (secondary N) is 1. The van der Waals surface area contributed by atoms with Gasteiger partial charge in [0.1, 0.15) is 6.54 Å². The van der Waals surface area contributed by atoms with Gasteiger partial charge in [0, 0.05) is 26.1 Å². The van der Waals surface area contributed by atoms with Gasteiger partial charge in [-0.1, -0.05) is 42.0 Å². The predicted octanol–water partition coefficient (Wildman–Crippen LogP) is 2.20. The van der Waals surface area contributed by atoms with Crippen LogP contribution in [0.15, 0.2) is 48.5 Å². The monoisotopic (exact) mass is 429 g/mol. The number of likely N-dealkylation sites (tertiary alicyclic amines) is 1. The molecule has 0 aliphatic carbocycles. The minimum atomic E-state index is -3.59. The third-order valence-corrected chi connectivity index (χ3v) is 6.21. The molecule has 160 valence electrons. The first-order valence-electron chi connectivity index (χ1n) is 9.89. The highest BCUT2D eigenvalue weighted by molar-refractivity contribution is 7.92. The van der Waals surface area contributed by atoms with Gasteiger partial charge in [-0.25, -0.2) is 8.42 Å². The van der Waals surface area contributed by atoms with Crippen LogP contribution in [0.4, 0.5) is 5.69 Å². The van der Waals surface area contributed by atoms with E-state index < -0.39 is 10.0 Å². The van der Waals surface area contributed by atoms with E-state index in [1.807, 2.05) is 48.2 Å². The SMILES string of the molecule is Cc1ccc(N(CC(=O)NCc2ccc(CN3CCCC3=O)cc2)S(C)(=O)=O)cc1. The van der Waals surface area contributed by atoms with Gasteiger partial charge >= 0.3 is 0 Å². The standard InChI is InChI=1S/C22H27N3O4S/c1-17-5-11-20(12-6-17)25(30(2,28)29)16-21(26)23-14-18-7-9-19(10-8-18)15-24-13-3-4-22(24)27/h5-12H,3-4,13-16H2,1-2H3,(H,23,26). The van der Waals surface area contributed by atoms with E-state index >= 15 is 0 Å². The molecule has 2 aromatic rings. The van der Waals surface area contributed by atoms with E-state index in [1.165, 1.54) is 0 Å². The van der Waals surface area contributed by atoms with Gasteiger partial charge < -0.3 is 10.2 Å². The zero-order chi connectivity index (χ0) is 21.7. The third kappa shape index (κ3) is 5.82. The Morgan fingerprint density at radius 2 is 1.70 bits per heavy atom. The van der Waals surface area contributed by atoms with Crippen LogP contribution in [0.5, 0.6) is 0 Å². The largest absolute Gasteiger partial charge is 0.350 e. The summed E-state index contributed by atoms with van der Waals surface area (Å²) in [5.41, 5.74) is 3.41. The molecule has 2 aromatic carbocycles. The van der Waals surface area contributed by atoms with Gasteiger partial charge in [-0.15, -0.1) is 0 Å². The number of benzene rings is 2. The molecule has 2 amide bonds. The van der Waals surface area contributed by atoms with E-state index in [1.54, 1.807) is 12.1 Å². The summed E-state index contributed by atoms with van der Waals surface area (Å²) in [5, 5.41) is 2.77. The van der Waals surface area contributed by atoms with Crippen molar-refractivity contribution in [2.45, 2.75) is 32.9 Å². The van der Waals surface area contributed by atoms with Crippen molar-refractivity contribution in [2.75, 3.05) is 23.7 Å². The zero-order valence-corrected chi connectivity index (χ0v) is 18.1. The normalized spacial score (nSPS) is 14.1. The molecule has 0 aromatic heterocycles. The lowest BCUT2D eigenvalue weighted by Gasteiger charge is -2.22. The number of nitrogens with zero attached hydrogens (tertiary/aromatic N) is 2. The molecule has 1 aliphatic heterocycles. The quantitative estimate of drug-likeness (QED) is 0.697. The van der Waals surface area contributed by atoms with Gasteiger partial charge in [0.05, 0.1) is 11.9 Å². The van der Waals surface area contributed by atoms with Crippen molar-refractivity contribution in [2.24, 2.45) is 0 Å². The first-order valence-corrected chi connectivity index (χ1v) is 11.7. The first-order chi connectivity index (χ1) is 14.2. The summed E-state index contributed by atoms with van der Waals surface area (Å²) in [6.45, 7) is 3.33. The fraction of sp³-hybridized carbons (Fsp3) is 0.364.